The lowest BCUT2D eigenvalue weighted by Gasteiger charge is -2.16. The molecule has 1 atom stereocenters. The second kappa shape index (κ2) is 8.28. The summed E-state index contributed by atoms with van der Waals surface area (Å²) < 4.78 is 7.03. The first-order chi connectivity index (χ1) is 14.5. The Morgan fingerprint density at radius 2 is 2.00 bits per heavy atom. The number of carbonyl (C=O) groups is 2. The molecule has 0 bridgehead atoms. The zero-order valence-corrected chi connectivity index (χ0v) is 17.5. The molecule has 0 unspecified atom stereocenters. The van der Waals surface area contributed by atoms with Gasteiger partial charge in [0.05, 0.1) is 17.5 Å². The Balaban J connectivity index is 1.61. The predicted octanol–water partition coefficient (Wildman–Crippen LogP) is 3.61. The van der Waals surface area contributed by atoms with E-state index in [1.807, 2.05) is 60.9 Å². The van der Waals surface area contributed by atoms with E-state index in [0.29, 0.717) is 25.5 Å². The van der Waals surface area contributed by atoms with E-state index >= 15 is 0 Å². The SMILES string of the molecule is COCCCN1C(=O)[C@@H](CC(=O)Nc2ccc(C)cc2C)n2c1nc1ccccc12. The van der Waals surface area contributed by atoms with E-state index in [9.17, 15) is 9.59 Å². The standard InChI is InChI=1S/C23H26N4O3/c1-15-9-10-17(16(2)13-15)24-21(28)14-20-22(29)26(11-6-12-30-3)23-25-18-7-4-5-8-19(18)27(20)23/h4-5,7-10,13,20H,6,11-12,14H2,1-3H3,(H,24,28)/t20-/m1/s1. The summed E-state index contributed by atoms with van der Waals surface area (Å²) >= 11 is 0. The number of benzene rings is 2. The summed E-state index contributed by atoms with van der Waals surface area (Å²) in [5.41, 5.74) is 4.58. The molecule has 0 radical (unpaired) electrons. The van der Waals surface area contributed by atoms with Crippen molar-refractivity contribution >= 4 is 34.5 Å². The molecule has 0 saturated heterocycles. The van der Waals surface area contributed by atoms with Crippen molar-refractivity contribution < 1.29 is 14.3 Å². The molecule has 156 valence electrons. The van der Waals surface area contributed by atoms with Crippen molar-refractivity contribution in [2.75, 3.05) is 30.5 Å². The highest BCUT2D eigenvalue weighted by Crippen LogP contribution is 2.36. The maximum Gasteiger partial charge on any atom is 0.253 e. The van der Waals surface area contributed by atoms with Crippen molar-refractivity contribution in [1.29, 1.82) is 0 Å². The molecule has 2 aromatic carbocycles. The molecule has 2 heterocycles. The van der Waals surface area contributed by atoms with Crippen LogP contribution < -0.4 is 10.2 Å². The summed E-state index contributed by atoms with van der Waals surface area (Å²) in [6.45, 7) is 5.04. The Bertz CT molecular complexity index is 1110. The van der Waals surface area contributed by atoms with Crippen LogP contribution in [0.15, 0.2) is 42.5 Å². The Morgan fingerprint density at radius 1 is 1.20 bits per heavy atom. The highest BCUT2D eigenvalue weighted by atomic mass is 16.5. The van der Waals surface area contributed by atoms with Crippen LogP contribution in [0.3, 0.4) is 0 Å². The summed E-state index contributed by atoms with van der Waals surface area (Å²) in [6.07, 6.45) is 0.757. The number of methoxy groups -OCH3 is 1. The van der Waals surface area contributed by atoms with Gasteiger partial charge in [-0.1, -0.05) is 29.8 Å². The number of nitrogens with zero attached hydrogens (tertiary/aromatic N) is 3. The van der Waals surface area contributed by atoms with Gasteiger partial charge in [-0.05, 0) is 44.0 Å². The lowest BCUT2D eigenvalue weighted by atomic mass is 10.1. The van der Waals surface area contributed by atoms with Gasteiger partial charge >= 0.3 is 0 Å². The van der Waals surface area contributed by atoms with Crippen LogP contribution in [0.4, 0.5) is 11.6 Å². The van der Waals surface area contributed by atoms with Crippen LogP contribution in [-0.2, 0) is 14.3 Å². The zero-order valence-electron chi connectivity index (χ0n) is 17.5. The molecule has 7 nitrogen and oxygen atoms in total. The number of anilines is 2. The maximum atomic E-state index is 13.2. The topological polar surface area (TPSA) is 76.5 Å². The third kappa shape index (κ3) is 3.68. The minimum atomic E-state index is -0.610. The number of imidazole rings is 1. The minimum absolute atomic E-state index is 0.0558. The molecule has 1 aliphatic rings. The van der Waals surface area contributed by atoms with Crippen molar-refractivity contribution in [3.63, 3.8) is 0 Å². The summed E-state index contributed by atoms with van der Waals surface area (Å²) in [5, 5.41) is 2.96. The number of amides is 2. The van der Waals surface area contributed by atoms with Crippen molar-refractivity contribution in [3.05, 3.63) is 53.6 Å². The van der Waals surface area contributed by atoms with E-state index in [0.717, 1.165) is 27.8 Å². The summed E-state index contributed by atoms with van der Waals surface area (Å²) in [6, 6.07) is 13.0. The number of aryl methyl sites for hydroxylation is 2. The van der Waals surface area contributed by atoms with Crippen LogP contribution in [0.5, 0.6) is 0 Å². The Kier molecular flexibility index (Phi) is 5.55. The Labute approximate surface area is 175 Å². The number of rotatable bonds is 7. The monoisotopic (exact) mass is 406 g/mol. The summed E-state index contributed by atoms with van der Waals surface area (Å²) in [4.78, 5) is 32.4. The van der Waals surface area contributed by atoms with E-state index in [1.54, 1.807) is 12.0 Å². The first-order valence-corrected chi connectivity index (χ1v) is 10.1. The number of ether oxygens (including phenoxy) is 1. The first kappa shape index (κ1) is 20.1. The summed E-state index contributed by atoms with van der Waals surface area (Å²) in [5.74, 6) is 0.305. The van der Waals surface area contributed by atoms with Gasteiger partial charge in [-0.2, -0.15) is 0 Å². The average Bonchev–Trinajstić information content (AvgIpc) is 3.20. The minimum Gasteiger partial charge on any atom is -0.385 e. The van der Waals surface area contributed by atoms with Gasteiger partial charge in [-0.25, -0.2) is 4.98 Å². The lowest BCUT2D eigenvalue weighted by molar-refractivity contribution is -0.124. The number of fused-ring (bicyclic) bond motifs is 3. The lowest BCUT2D eigenvalue weighted by Crippen LogP contribution is -2.32. The van der Waals surface area contributed by atoms with Crippen LogP contribution >= 0.6 is 0 Å². The average molecular weight is 406 g/mol. The third-order valence-corrected chi connectivity index (χ3v) is 5.45. The number of hydrogen-bond acceptors (Lipinski definition) is 4. The fourth-order valence-corrected chi connectivity index (χ4v) is 4.00. The Hall–Kier alpha value is -3.19. The van der Waals surface area contributed by atoms with Gasteiger partial charge in [0.25, 0.3) is 5.91 Å². The van der Waals surface area contributed by atoms with Gasteiger partial charge in [-0.3, -0.25) is 19.1 Å². The van der Waals surface area contributed by atoms with Crippen molar-refractivity contribution in [2.45, 2.75) is 32.7 Å². The molecule has 1 aliphatic heterocycles. The van der Waals surface area contributed by atoms with Crippen molar-refractivity contribution in [2.24, 2.45) is 0 Å². The van der Waals surface area contributed by atoms with Crippen LogP contribution in [0.2, 0.25) is 0 Å². The van der Waals surface area contributed by atoms with Gasteiger partial charge in [0.1, 0.15) is 6.04 Å². The predicted molar refractivity (Wildman–Crippen MR) is 117 cm³/mol. The van der Waals surface area contributed by atoms with Crippen LogP contribution in [-0.4, -0.2) is 41.6 Å². The quantitative estimate of drug-likeness (QED) is 0.608. The van der Waals surface area contributed by atoms with Gasteiger partial charge in [0, 0.05) is 25.9 Å². The second-order valence-corrected chi connectivity index (χ2v) is 7.69. The highest BCUT2D eigenvalue weighted by Gasteiger charge is 2.40. The van der Waals surface area contributed by atoms with Crippen molar-refractivity contribution in [1.82, 2.24) is 9.55 Å². The molecule has 0 saturated carbocycles. The third-order valence-electron chi connectivity index (χ3n) is 5.45. The van der Waals surface area contributed by atoms with E-state index in [2.05, 4.69) is 10.3 Å². The second-order valence-electron chi connectivity index (χ2n) is 7.69. The molecule has 30 heavy (non-hydrogen) atoms. The van der Waals surface area contributed by atoms with Crippen molar-refractivity contribution in [3.8, 4) is 0 Å². The fourth-order valence-electron chi connectivity index (χ4n) is 4.00. The summed E-state index contributed by atoms with van der Waals surface area (Å²) in [7, 11) is 1.64. The smallest absolute Gasteiger partial charge is 0.253 e. The van der Waals surface area contributed by atoms with Gasteiger partial charge < -0.3 is 10.1 Å². The fraction of sp³-hybridized carbons (Fsp3) is 0.348. The molecule has 1 N–H and O–H groups in total. The molecule has 0 fully saturated rings. The maximum absolute atomic E-state index is 13.2. The van der Waals surface area contributed by atoms with Crippen LogP contribution in [0.1, 0.15) is 30.0 Å². The molecule has 2 amide bonds. The van der Waals surface area contributed by atoms with E-state index < -0.39 is 6.04 Å². The van der Waals surface area contributed by atoms with E-state index in [4.69, 9.17) is 4.74 Å². The van der Waals surface area contributed by atoms with E-state index in [-0.39, 0.29) is 18.2 Å². The molecular weight excluding hydrogens is 380 g/mol. The largest absolute Gasteiger partial charge is 0.385 e. The first-order valence-electron chi connectivity index (χ1n) is 10.1. The molecular formula is C23H26N4O3. The van der Waals surface area contributed by atoms with E-state index in [1.165, 1.54) is 0 Å². The molecule has 4 rings (SSSR count). The molecule has 0 aliphatic carbocycles. The number of hydrogen-bond donors (Lipinski definition) is 1. The molecule has 0 spiro atoms. The van der Waals surface area contributed by atoms with Gasteiger partial charge in [0.2, 0.25) is 11.9 Å². The normalized spacial score (nSPS) is 15.6. The van der Waals surface area contributed by atoms with Crippen LogP contribution in [0.25, 0.3) is 11.0 Å². The van der Waals surface area contributed by atoms with Gasteiger partial charge in [-0.15, -0.1) is 0 Å². The number of carbonyl (C=O) groups excluding carboxylic acids is 2. The molecule has 1 aromatic heterocycles. The van der Waals surface area contributed by atoms with Crippen LogP contribution in [0, 0.1) is 13.8 Å². The zero-order chi connectivity index (χ0) is 21.3. The molecule has 7 heteroatoms. The Morgan fingerprint density at radius 3 is 2.77 bits per heavy atom. The van der Waals surface area contributed by atoms with Gasteiger partial charge in [0.15, 0.2) is 0 Å². The number of nitrogens with one attached hydrogen (secondary N) is 1. The number of para-hydroxylation sites is 2. The molecule has 3 aromatic rings. The highest BCUT2D eigenvalue weighted by molar-refractivity contribution is 6.05. The number of aromatic nitrogens is 2.